The Balaban J connectivity index is 1.81. The number of benzene rings is 1. The number of carbonyl (C=O) groups excluding carboxylic acids is 1. The Bertz CT molecular complexity index is 603. The molecule has 106 valence electrons. The Morgan fingerprint density at radius 2 is 1.85 bits per heavy atom. The molecule has 0 aliphatic heterocycles. The molecule has 1 aliphatic carbocycles. The first-order valence-electron chi connectivity index (χ1n) is 7.83. The molecule has 0 N–H and O–H groups in total. The number of aromatic nitrogens is 1. The second-order valence-corrected chi connectivity index (χ2v) is 6.16. The standard InChI is InChI=1S/C18H23NO/c1-19-13-16(15-10-6-7-11-17(15)19)18(20)12-14-8-4-2-3-5-9-14/h6-7,10-11,13-14H,2-5,8-9,12H2,1H3. The Kier molecular flexibility index (Phi) is 3.90. The predicted octanol–water partition coefficient (Wildman–Crippen LogP) is 4.72. The fourth-order valence-corrected chi connectivity index (χ4v) is 3.50. The van der Waals surface area contributed by atoms with Crippen molar-refractivity contribution in [3.63, 3.8) is 0 Å². The maximum atomic E-state index is 12.6. The number of hydrogen-bond acceptors (Lipinski definition) is 1. The Labute approximate surface area is 120 Å². The van der Waals surface area contributed by atoms with Crippen molar-refractivity contribution in [1.82, 2.24) is 4.57 Å². The van der Waals surface area contributed by atoms with Gasteiger partial charge in [0.15, 0.2) is 5.78 Å². The first-order chi connectivity index (χ1) is 9.75. The van der Waals surface area contributed by atoms with E-state index < -0.39 is 0 Å². The zero-order valence-corrected chi connectivity index (χ0v) is 12.3. The van der Waals surface area contributed by atoms with E-state index in [0.717, 1.165) is 22.9 Å². The fourth-order valence-electron chi connectivity index (χ4n) is 3.50. The smallest absolute Gasteiger partial charge is 0.165 e. The highest BCUT2D eigenvalue weighted by atomic mass is 16.1. The van der Waals surface area contributed by atoms with E-state index in [1.54, 1.807) is 0 Å². The minimum atomic E-state index is 0.327. The number of hydrogen-bond donors (Lipinski definition) is 0. The van der Waals surface area contributed by atoms with Gasteiger partial charge in [-0.25, -0.2) is 0 Å². The van der Waals surface area contributed by atoms with Crippen molar-refractivity contribution >= 4 is 16.7 Å². The normalized spacial score (nSPS) is 17.2. The zero-order chi connectivity index (χ0) is 13.9. The summed E-state index contributed by atoms with van der Waals surface area (Å²) in [4.78, 5) is 12.6. The van der Waals surface area contributed by atoms with E-state index in [1.165, 1.54) is 38.5 Å². The second-order valence-electron chi connectivity index (χ2n) is 6.16. The summed E-state index contributed by atoms with van der Waals surface area (Å²) >= 11 is 0. The van der Waals surface area contributed by atoms with Gasteiger partial charge in [0.05, 0.1) is 0 Å². The third kappa shape index (κ3) is 2.65. The van der Waals surface area contributed by atoms with Gasteiger partial charge in [-0.05, 0) is 12.0 Å². The Morgan fingerprint density at radius 3 is 2.60 bits per heavy atom. The molecule has 0 atom stereocenters. The molecule has 20 heavy (non-hydrogen) atoms. The SMILES string of the molecule is Cn1cc(C(=O)CC2CCCCCC2)c2ccccc21. The van der Waals surface area contributed by atoms with Gasteiger partial charge in [0.1, 0.15) is 0 Å². The van der Waals surface area contributed by atoms with Crippen LogP contribution in [0.2, 0.25) is 0 Å². The summed E-state index contributed by atoms with van der Waals surface area (Å²) in [6.45, 7) is 0. The van der Waals surface area contributed by atoms with Gasteiger partial charge in [0, 0.05) is 36.1 Å². The minimum Gasteiger partial charge on any atom is -0.350 e. The summed E-state index contributed by atoms with van der Waals surface area (Å²) in [5.41, 5.74) is 2.06. The molecule has 1 aromatic heterocycles. The van der Waals surface area contributed by atoms with Crippen molar-refractivity contribution in [2.24, 2.45) is 13.0 Å². The molecule has 0 bridgehead atoms. The molecule has 1 aromatic carbocycles. The van der Waals surface area contributed by atoms with Gasteiger partial charge in [-0.3, -0.25) is 4.79 Å². The maximum Gasteiger partial charge on any atom is 0.165 e. The maximum absolute atomic E-state index is 12.6. The van der Waals surface area contributed by atoms with Gasteiger partial charge in [-0.15, -0.1) is 0 Å². The molecule has 1 aliphatic rings. The summed E-state index contributed by atoms with van der Waals surface area (Å²) in [6.07, 6.45) is 10.5. The predicted molar refractivity (Wildman–Crippen MR) is 83.1 cm³/mol. The van der Waals surface area contributed by atoms with E-state index in [0.29, 0.717) is 11.7 Å². The topological polar surface area (TPSA) is 22.0 Å². The van der Waals surface area contributed by atoms with Crippen LogP contribution >= 0.6 is 0 Å². The van der Waals surface area contributed by atoms with Crippen LogP contribution in [0, 0.1) is 5.92 Å². The lowest BCUT2D eigenvalue weighted by Gasteiger charge is -2.12. The zero-order valence-electron chi connectivity index (χ0n) is 12.3. The van der Waals surface area contributed by atoms with E-state index in [2.05, 4.69) is 16.7 Å². The van der Waals surface area contributed by atoms with Crippen LogP contribution in [0.4, 0.5) is 0 Å². The van der Waals surface area contributed by atoms with Crippen LogP contribution in [-0.2, 0) is 7.05 Å². The summed E-state index contributed by atoms with van der Waals surface area (Å²) in [6, 6.07) is 8.19. The summed E-state index contributed by atoms with van der Waals surface area (Å²) < 4.78 is 2.07. The third-order valence-electron chi connectivity index (χ3n) is 4.65. The Hall–Kier alpha value is -1.57. The number of para-hydroxylation sites is 1. The highest BCUT2D eigenvalue weighted by Crippen LogP contribution is 2.28. The number of fused-ring (bicyclic) bond motifs is 1. The second kappa shape index (κ2) is 5.82. The van der Waals surface area contributed by atoms with Crippen LogP contribution in [0.1, 0.15) is 55.3 Å². The minimum absolute atomic E-state index is 0.327. The number of aryl methyl sites for hydroxylation is 1. The van der Waals surface area contributed by atoms with Crippen molar-refractivity contribution < 1.29 is 4.79 Å². The van der Waals surface area contributed by atoms with Gasteiger partial charge in [0.2, 0.25) is 0 Å². The van der Waals surface area contributed by atoms with Gasteiger partial charge in [-0.1, -0.05) is 56.7 Å². The van der Waals surface area contributed by atoms with Crippen LogP contribution in [-0.4, -0.2) is 10.4 Å². The molecule has 3 rings (SSSR count). The number of nitrogens with zero attached hydrogens (tertiary/aromatic N) is 1. The Morgan fingerprint density at radius 1 is 1.15 bits per heavy atom. The average molecular weight is 269 g/mol. The highest BCUT2D eigenvalue weighted by molar-refractivity contribution is 6.08. The van der Waals surface area contributed by atoms with Crippen LogP contribution < -0.4 is 0 Å². The van der Waals surface area contributed by atoms with E-state index >= 15 is 0 Å². The molecule has 1 fully saturated rings. The van der Waals surface area contributed by atoms with E-state index in [1.807, 2.05) is 25.4 Å². The van der Waals surface area contributed by atoms with Crippen LogP contribution in [0.25, 0.3) is 10.9 Å². The first kappa shape index (κ1) is 13.4. The summed E-state index contributed by atoms with van der Waals surface area (Å²) in [5, 5.41) is 1.11. The third-order valence-corrected chi connectivity index (χ3v) is 4.65. The summed E-state index contributed by atoms with van der Waals surface area (Å²) in [7, 11) is 2.02. The van der Waals surface area contributed by atoms with Gasteiger partial charge in [-0.2, -0.15) is 0 Å². The fraction of sp³-hybridized carbons (Fsp3) is 0.500. The molecule has 0 radical (unpaired) electrons. The van der Waals surface area contributed by atoms with Gasteiger partial charge >= 0.3 is 0 Å². The van der Waals surface area contributed by atoms with Crippen molar-refractivity contribution in [2.75, 3.05) is 0 Å². The van der Waals surface area contributed by atoms with Crippen molar-refractivity contribution in [3.05, 3.63) is 36.0 Å². The van der Waals surface area contributed by atoms with Crippen molar-refractivity contribution in [2.45, 2.75) is 44.9 Å². The lowest BCUT2D eigenvalue weighted by molar-refractivity contribution is 0.0958. The molecule has 1 heterocycles. The van der Waals surface area contributed by atoms with Gasteiger partial charge in [0.25, 0.3) is 0 Å². The largest absolute Gasteiger partial charge is 0.350 e. The molecule has 2 heteroatoms. The first-order valence-corrected chi connectivity index (χ1v) is 7.83. The lowest BCUT2D eigenvalue weighted by atomic mass is 9.92. The molecule has 1 saturated carbocycles. The molecule has 2 aromatic rings. The van der Waals surface area contributed by atoms with Crippen LogP contribution in [0.15, 0.2) is 30.5 Å². The lowest BCUT2D eigenvalue weighted by Crippen LogP contribution is -2.08. The molecule has 0 saturated heterocycles. The number of ketones is 1. The molecule has 2 nitrogen and oxygen atoms in total. The monoisotopic (exact) mass is 269 g/mol. The average Bonchev–Trinajstić information content (AvgIpc) is 2.64. The number of rotatable bonds is 3. The van der Waals surface area contributed by atoms with Gasteiger partial charge < -0.3 is 4.57 Å². The quantitative estimate of drug-likeness (QED) is 0.583. The molecule has 0 unspecified atom stereocenters. The highest BCUT2D eigenvalue weighted by Gasteiger charge is 2.19. The molecular formula is C18H23NO. The number of Topliss-reactive ketones (excluding diaryl/α,β-unsaturated/α-hetero) is 1. The van der Waals surface area contributed by atoms with Crippen LogP contribution in [0.3, 0.4) is 0 Å². The van der Waals surface area contributed by atoms with E-state index in [9.17, 15) is 4.79 Å². The molecular weight excluding hydrogens is 246 g/mol. The van der Waals surface area contributed by atoms with E-state index in [-0.39, 0.29) is 0 Å². The number of carbonyl (C=O) groups is 1. The van der Waals surface area contributed by atoms with E-state index in [4.69, 9.17) is 0 Å². The van der Waals surface area contributed by atoms with Crippen molar-refractivity contribution in [3.8, 4) is 0 Å². The molecule has 0 spiro atoms. The van der Waals surface area contributed by atoms with Crippen LogP contribution in [0.5, 0.6) is 0 Å². The van der Waals surface area contributed by atoms with Crippen molar-refractivity contribution in [1.29, 1.82) is 0 Å². The molecule has 0 amide bonds. The summed E-state index contributed by atoms with van der Waals surface area (Å²) in [5.74, 6) is 0.928.